The minimum Gasteiger partial charge on any atom is -0.480 e. The highest BCUT2D eigenvalue weighted by Gasteiger charge is 2.32. The zero-order chi connectivity index (χ0) is 55.0. The van der Waals surface area contributed by atoms with Crippen LogP contribution in [0.5, 0.6) is 0 Å². The number of nitrogens with zero attached hydrogens (tertiary/aromatic N) is 1. The maximum Gasteiger partial charge on any atom is 0.332 e. The van der Waals surface area contributed by atoms with Crippen molar-refractivity contribution < 1.29 is 70.9 Å². The first-order chi connectivity index (χ1) is 35.5. The first-order valence-electron chi connectivity index (χ1n) is 23.3. The Kier molecular flexibility index (Phi) is 23.4. The molecule has 5 rings (SSSR count). The number of hydrogen-bond donors (Lipinski definition) is 5. The zero-order valence-electron chi connectivity index (χ0n) is 41.1. The number of ether oxygens (including phenoxy) is 2. The third-order valence-electron chi connectivity index (χ3n) is 11.3. The van der Waals surface area contributed by atoms with Crippen LogP contribution in [-0.2, 0) is 67.5 Å². The lowest BCUT2D eigenvalue weighted by molar-refractivity contribution is -0.186. The van der Waals surface area contributed by atoms with Crippen LogP contribution >= 0.6 is 66.4 Å². The summed E-state index contributed by atoms with van der Waals surface area (Å²) in [6.07, 6.45) is 3.19. The summed E-state index contributed by atoms with van der Waals surface area (Å²) in [5.74, 6) is -5.30. The third kappa shape index (κ3) is 18.8. The highest BCUT2D eigenvalue weighted by Crippen LogP contribution is 2.37. The van der Waals surface area contributed by atoms with Crippen LogP contribution in [0, 0.1) is 0 Å². The SMILES string of the molecule is CC(=O)N[C@@H](CSSCC[C@@H](CCCCC(=O)OC(C)OC(=O)[C@H](Cc1cccc(S(C)(=O)=O)c1)NC(=O)c1c(Cl)cc2c(c1Cl)CCN(C(=O)c1ccc3ccoc3c1)C2)SSC[C@H](NC(C)=O)C(=O)O)C(=O)O. The fourth-order valence-corrected chi connectivity index (χ4v) is 14.5. The number of amides is 4. The van der Waals surface area contributed by atoms with Gasteiger partial charge in [-0.2, -0.15) is 0 Å². The Morgan fingerprint density at radius 1 is 0.827 bits per heavy atom. The lowest BCUT2D eigenvalue weighted by Gasteiger charge is -2.30. The number of sulfone groups is 1. The molecular formula is C49H56Cl2N4O15S5. The van der Waals surface area contributed by atoms with Crippen molar-refractivity contribution in [2.24, 2.45) is 0 Å². The predicted molar refractivity (Wildman–Crippen MR) is 290 cm³/mol. The van der Waals surface area contributed by atoms with Crippen molar-refractivity contribution in [3.8, 4) is 0 Å². The van der Waals surface area contributed by atoms with Crippen molar-refractivity contribution in [1.29, 1.82) is 0 Å². The fourth-order valence-electron chi connectivity index (χ4n) is 7.66. The van der Waals surface area contributed by atoms with Gasteiger partial charge in [0.05, 0.1) is 26.8 Å². The molecule has 0 spiro atoms. The average molecular weight is 1170 g/mol. The maximum atomic E-state index is 14.1. The largest absolute Gasteiger partial charge is 0.480 e. The second-order valence-electron chi connectivity index (χ2n) is 17.3. The number of carboxylic acids is 2. The van der Waals surface area contributed by atoms with Crippen LogP contribution in [0.4, 0.5) is 0 Å². The Bertz CT molecular complexity index is 2870. The molecule has 0 saturated heterocycles. The Labute approximate surface area is 459 Å². The van der Waals surface area contributed by atoms with Crippen molar-refractivity contribution in [3.63, 3.8) is 0 Å². The molecule has 1 aliphatic rings. The topological polar surface area (TPSA) is 282 Å². The van der Waals surface area contributed by atoms with Crippen LogP contribution in [0.15, 0.2) is 70.2 Å². The van der Waals surface area contributed by atoms with Gasteiger partial charge in [0.25, 0.3) is 11.8 Å². The minimum absolute atomic E-state index is 0.0221. The molecule has 0 radical (unpaired) electrons. The first kappa shape index (κ1) is 60.8. The van der Waals surface area contributed by atoms with E-state index in [1.807, 2.05) is 0 Å². The molecule has 26 heteroatoms. The van der Waals surface area contributed by atoms with Gasteiger partial charge in [-0.25, -0.2) is 22.8 Å². The number of benzene rings is 3. The molecular weight excluding hydrogens is 1120 g/mol. The number of nitrogens with one attached hydrogen (secondary N) is 3. The van der Waals surface area contributed by atoms with E-state index in [4.69, 9.17) is 37.1 Å². The smallest absolute Gasteiger partial charge is 0.332 e. The van der Waals surface area contributed by atoms with Gasteiger partial charge < -0.3 is 45.0 Å². The quantitative estimate of drug-likeness (QED) is 0.0160. The molecule has 75 heavy (non-hydrogen) atoms. The molecule has 0 bridgehead atoms. The lowest BCUT2D eigenvalue weighted by Crippen LogP contribution is -2.45. The van der Waals surface area contributed by atoms with Gasteiger partial charge in [0.15, 0.2) is 9.84 Å². The van der Waals surface area contributed by atoms with E-state index in [-0.39, 0.29) is 75.5 Å². The first-order valence-corrected chi connectivity index (χ1v) is 30.8. The number of carbonyl (C=O) groups is 8. The van der Waals surface area contributed by atoms with Crippen LogP contribution in [0.25, 0.3) is 11.0 Å². The van der Waals surface area contributed by atoms with Gasteiger partial charge in [-0.15, -0.1) is 0 Å². The van der Waals surface area contributed by atoms with Gasteiger partial charge in [0.1, 0.15) is 23.7 Å². The highest BCUT2D eigenvalue weighted by atomic mass is 35.5. The molecule has 2 heterocycles. The monoisotopic (exact) mass is 1170 g/mol. The average Bonchev–Trinajstić information content (AvgIpc) is 3.81. The second kappa shape index (κ2) is 28.9. The Balaban J connectivity index is 1.20. The summed E-state index contributed by atoms with van der Waals surface area (Å²) >= 11 is 13.6. The Morgan fingerprint density at radius 2 is 1.52 bits per heavy atom. The molecule has 19 nitrogen and oxygen atoms in total. The summed E-state index contributed by atoms with van der Waals surface area (Å²) in [6.45, 7) is 4.19. The van der Waals surface area contributed by atoms with Crippen LogP contribution in [0.2, 0.25) is 10.0 Å². The third-order valence-corrected chi connectivity index (χ3v) is 18.6. The van der Waals surface area contributed by atoms with Crippen molar-refractivity contribution in [3.05, 3.63) is 98.7 Å². The summed E-state index contributed by atoms with van der Waals surface area (Å²) in [6, 6.07) is 10.7. The number of aliphatic carboxylic acids is 2. The molecule has 3 aromatic carbocycles. The van der Waals surface area contributed by atoms with E-state index in [9.17, 15) is 57.0 Å². The number of hydrogen-bond acceptors (Lipinski definition) is 17. The number of carbonyl (C=O) groups excluding carboxylic acids is 6. The van der Waals surface area contributed by atoms with Crippen LogP contribution in [0.1, 0.15) is 90.3 Å². The number of furan rings is 1. The van der Waals surface area contributed by atoms with E-state index in [2.05, 4.69) is 16.0 Å². The molecule has 1 aliphatic heterocycles. The molecule has 4 amide bonds. The summed E-state index contributed by atoms with van der Waals surface area (Å²) in [5.41, 5.74) is 2.41. The molecule has 5 atom stereocenters. The normalized spacial score (nSPS) is 14.3. The summed E-state index contributed by atoms with van der Waals surface area (Å²) < 4.78 is 41.3. The van der Waals surface area contributed by atoms with E-state index in [0.717, 1.165) is 11.6 Å². The van der Waals surface area contributed by atoms with Crippen LogP contribution < -0.4 is 16.0 Å². The molecule has 0 aliphatic carbocycles. The van der Waals surface area contributed by atoms with E-state index in [1.54, 1.807) is 41.3 Å². The van der Waals surface area contributed by atoms with E-state index < -0.39 is 75.9 Å². The molecule has 1 aromatic heterocycles. The summed E-state index contributed by atoms with van der Waals surface area (Å²) in [4.78, 5) is 102. The molecule has 0 fully saturated rings. The zero-order valence-corrected chi connectivity index (χ0v) is 46.7. The number of halogens is 2. The van der Waals surface area contributed by atoms with E-state index in [0.29, 0.717) is 59.3 Å². The van der Waals surface area contributed by atoms with Gasteiger partial charge in [-0.3, -0.25) is 24.0 Å². The van der Waals surface area contributed by atoms with Gasteiger partial charge in [-0.05, 0) is 78.8 Å². The van der Waals surface area contributed by atoms with E-state index in [1.165, 1.54) is 88.4 Å². The Morgan fingerprint density at radius 3 is 2.19 bits per heavy atom. The summed E-state index contributed by atoms with van der Waals surface area (Å²) in [7, 11) is 1.74. The van der Waals surface area contributed by atoms with Crippen molar-refractivity contribution in [1.82, 2.24) is 20.9 Å². The van der Waals surface area contributed by atoms with Gasteiger partial charge in [0, 0.05) is 86.4 Å². The standard InChI is InChI=1S/C49H56Cl2N4O15S5/c1-27(56)52-39(47(61)62)25-72-71-19-16-34(74-73-26-40(48(63)64)53-28(2)57)9-5-6-11-42(58)69-29(3)70-49(65)38(21-30-8-7-10-35(20-30)75(4,66)67)54-45(59)43-37(50)22-33-24-55(17-14-36(33)44(43)51)46(60)32-13-12-31-15-18-68-41(31)23-32/h7-8,10,12-13,15,18,20,22-23,29,34,38-40H,5-6,9,11,14,16-17,19,21,24-26H2,1-4H3,(H,52,56)(H,53,57)(H,54,59)(H,61,62)(H,63,64)/t29?,34-,38+,39+,40+/m1/s1. The fraction of sp³-hybridized carbons (Fsp3) is 0.429. The highest BCUT2D eigenvalue weighted by molar-refractivity contribution is 8.77. The molecule has 4 aromatic rings. The number of esters is 2. The lowest BCUT2D eigenvalue weighted by atomic mass is 9.95. The molecule has 5 N–H and O–H groups in total. The number of fused-ring (bicyclic) bond motifs is 2. The minimum atomic E-state index is -3.66. The van der Waals surface area contributed by atoms with Crippen molar-refractivity contribution in [2.45, 2.75) is 107 Å². The van der Waals surface area contributed by atoms with Gasteiger partial charge in [0.2, 0.25) is 18.1 Å². The van der Waals surface area contributed by atoms with Gasteiger partial charge in [-0.1, -0.05) is 91.0 Å². The Hall–Kier alpha value is -5.11. The predicted octanol–water partition coefficient (Wildman–Crippen LogP) is 7.38. The molecule has 1 unspecified atom stereocenters. The molecule has 0 saturated carbocycles. The summed E-state index contributed by atoms with van der Waals surface area (Å²) in [5, 5.41) is 27.1. The van der Waals surface area contributed by atoms with E-state index >= 15 is 0 Å². The number of carboxylic acid groups (broad SMARTS) is 2. The van der Waals surface area contributed by atoms with Crippen LogP contribution in [-0.4, -0.2) is 131 Å². The maximum absolute atomic E-state index is 14.1. The van der Waals surface area contributed by atoms with Crippen molar-refractivity contribution in [2.75, 3.05) is 30.1 Å². The van der Waals surface area contributed by atoms with Crippen molar-refractivity contribution >= 4 is 135 Å². The molecule has 406 valence electrons. The van der Waals surface area contributed by atoms with Gasteiger partial charge >= 0.3 is 23.9 Å². The number of rotatable bonds is 28. The number of unbranched alkanes of at least 4 members (excludes halogenated alkanes) is 1. The second-order valence-corrected chi connectivity index (χ2v) is 25.4. The van der Waals surface area contributed by atoms with Crippen LogP contribution in [0.3, 0.4) is 0 Å².